The number of aryl methyl sites for hydroxylation is 1. The maximum atomic E-state index is 12.0. The van der Waals surface area contributed by atoms with Crippen molar-refractivity contribution in [1.82, 2.24) is 15.1 Å². The maximum absolute atomic E-state index is 12.0. The van der Waals surface area contributed by atoms with Crippen LogP contribution < -0.4 is 10.1 Å². The van der Waals surface area contributed by atoms with Crippen LogP contribution in [-0.2, 0) is 7.05 Å². The zero-order valence-corrected chi connectivity index (χ0v) is 9.48. The van der Waals surface area contributed by atoms with E-state index in [1.54, 1.807) is 12.2 Å². The molecule has 0 radical (unpaired) electrons. The topological polar surface area (TPSA) is 56.1 Å². The van der Waals surface area contributed by atoms with Crippen LogP contribution in [0.4, 0.5) is 8.78 Å². The molecule has 0 bridgehead atoms. The van der Waals surface area contributed by atoms with Crippen molar-refractivity contribution in [3.63, 3.8) is 0 Å². The Morgan fingerprint density at radius 1 is 1.71 bits per heavy atom. The van der Waals surface area contributed by atoms with E-state index in [0.717, 1.165) is 10.7 Å². The molecule has 0 unspecified atom stereocenters. The summed E-state index contributed by atoms with van der Waals surface area (Å²) in [6.07, 6.45) is 3.53. The van der Waals surface area contributed by atoms with Crippen LogP contribution in [0.2, 0.25) is 0 Å². The highest BCUT2D eigenvalue weighted by atomic mass is 19.3. The van der Waals surface area contributed by atoms with Gasteiger partial charge < -0.3 is 10.1 Å². The molecule has 0 atom stereocenters. The largest absolute Gasteiger partial charge is 0.417 e. The van der Waals surface area contributed by atoms with Crippen molar-refractivity contribution in [3.05, 3.63) is 23.9 Å². The molecule has 0 saturated carbocycles. The highest BCUT2D eigenvalue weighted by Crippen LogP contribution is 2.14. The summed E-state index contributed by atoms with van der Waals surface area (Å²) in [6, 6.07) is 1.16. The van der Waals surface area contributed by atoms with Gasteiger partial charge in [0.15, 0.2) is 5.69 Å². The Bertz CT molecular complexity index is 416. The number of allylic oxidation sites excluding steroid dienone is 1. The Labute approximate surface area is 97.1 Å². The van der Waals surface area contributed by atoms with Gasteiger partial charge in [0.1, 0.15) is 0 Å². The van der Waals surface area contributed by atoms with Gasteiger partial charge in [0.2, 0.25) is 5.88 Å². The number of amides is 1. The van der Waals surface area contributed by atoms with E-state index in [0.29, 0.717) is 6.54 Å². The van der Waals surface area contributed by atoms with Gasteiger partial charge in [-0.25, -0.2) is 4.68 Å². The second kappa shape index (κ2) is 5.97. The molecule has 1 N–H and O–H groups in total. The average molecular weight is 245 g/mol. The molecular weight excluding hydrogens is 232 g/mol. The van der Waals surface area contributed by atoms with E-state index in [-0.39, 0.29) is 11.6 Å². The number of nitrogens with zero attached hydrogens (tertiary/aromatic N) is 2. The fourth-order valence-corrected chi connectivity index (χ4v) is 1.12. The fraction of sp³-hybridized carbons (Fsp3) is 0.400. The summed E-state index contributed by atoms with van der Waals surface area (Å²) in [4.78, 5) is 11.5. The standard InChI is InChI=1S/C10H13F2N3O2/c1-3-4-5-13-9(16)7-6-8(15(2)14-7)17-10(11)12/h3-4,6,10H,5H2,1-2H3,(H,13,16)/b4-3+. The van der Waals surface area contributed by atoms with Gasteiger partial charge in [0.05, 0.1) is 0 Å². The van der Waals surface area contributed by atoms with Gasteiger partial charge in [0.25, 0.3) is 5.91 Å². The maximum Gasteiger partial charge on any atom is 0.388 e. The molecule has 0 aromatic carbocycles. The summed E-state index contributed by atoms with van der Waals surface area (Å²) in [5.74, 6) is -0.598. The van der Waals surface area contributed by atoms with E-state index in [4.69, 9.17) is 0 Å². The zero-order chi connectivity index (χ0) is 12.8. The molecule has 0 aliphatic carbocycles. The third-order valence-corrected chi connectivity index (χ3v) is 1.90. The van der Waals surface area contributed by atoms with Crippen LogP contribution in [0.25, 0.3) is 0 Å². The molecule has 0 fully saturated rings. The van der Waals surface area contributed by atoms with Crippen LogP contribution in [0, 0.1) is 0 Å². The van der Waals surface area contributed by atoms with Gasteiger partial charge >= 0.3 is 6.61 Å². The van der Waals surface area contributed by atoms with Crippen molar-refractivity contribution in [2.24, 2.45) is 7.05 Å². The lowest BCUT2D eigenvalue weighted by molar-refractivity contribution is -0.0553. The van der Waals surface area contributed by atoms with Gasteiger partial charge in [-0.2, -0.15) is 13.9 Å². The average Bonchev–Trinajstić information content (AvgIpc) is 2.60. The number of hydrogen-bond acceptors (Lipinski definition) is 3. The van der Waals surface area contributed by atoms with Crippen molar-refractivity contribution in [2.45, 2.75) is 13.5 Å². The molecule has 1 heterocycles. The van der Waals surface area contributed by atoms with Crippen molar-refractivity contribution in [3.8, 4) is 5.88 Å². The summed E-state index contributed by atoms with van der Waals surface area (Å²) in [5, 5.41) is 6.31. The first-order valence-corrected chi connectivity index (χ1v) is 4.92. The highest BCUT2D eigenvalue weighted by Gasteiger charge is 2.15. The van der Waals surface area contributed by atoms with Gasteiger partial charge in [-0.15, -0.1) is 0 Å². The number of nitrogens with one attached hydrogen (secondary N) is 1. The van der Waals surface area contributed by atoms with Crippen LogP contribution in [0.5, 0.6) is 5.88 Å². The SMILES string of the molecule is C/C=C/CNC(=O)c1cc(OC(F)F)n(C)n1. The number of carbonyl (C=O) groups is 1. The van der Waals surface area contributed by atoms with E-state index < -0.39 is 12.5 Å². The number of ether oxygens (including phenoxy) is 1. The lowest BCUT2D eigenvalue weighted by Crippen LogP contribution is -2.23. The molecule has 0 spiro atoms. The minimum absolute atomic E-state index is 0.0349. The summed E-state index contributed by atoms with van der Waals surface area (Å²) >= 11 is 0. The van der Waals surface area contributed by atoms with Crippen molar-refractivity contribution in [1.29, 1.82) is 0 Å². The third-order valence-electron chi connectivity index (χ3n) is 1.90. The third kappa shape index (κ3) is 3.86. The molecule has 1 rings (SSSR count). The fourth-order valence-electron chi connectivity index (χ4n) is 1.12. The Kier molecular flexibility index (Phi) is 4.62. The van der Waals surface area contributed by atoms with E-state index >= 15 is 0 Å². The number of halogens is 2. The Morgan fingerprint density at radius 3 is 3.00 bits per heavy atom. The van der Waals surface area contributed by atoms with E-state index in [1.807, 2.05) is 6.92 Å². The molecule has 1 aromatic rings. The van der Waals surface area contributed by atoms with E-state index in [9.17, 15) is 13.6 Å². The van der Waals surface area contributed by atoms with Crippen LogP contribution in [-0.4, -0.2) is 28.8 Å². The molecule has 1 aromatic heterocycles. The predicted molar refractivity (Wildman–Crippen MR) is 57.0 cm³/mol. The minimum Gasteiger partial charge on any atom is -0.417 e. The second-order valence-electron chi connectivity index (χ2n) is 3.15. The van der Waals surface area contributed by atoms with E-state index in [1.165, 1.54) is 7.05 Å². The van der Waals surface area contributed by atoms with Gasteiger partial charge in [-0.3, -0.25) is 4.79 Å². The number of rotatable bonds is 5. The smallest absolute Gasteiger partial charge is 0.388 e. The lowest BCUT2D eigenvalue weighted by Gasteiger charge is -2.01. The summed E-state index contributed by atoms with van der Waals surface area (Å²) < 4.78 is 29.2. The normalized spacial score (nSPS) is 11.1. The Hall–Kier alpha value is -1.92. The summed E-state index contributed by atoms with van der Waals surface area (Å²) in [7, 11) is 1.42. The molecule has 0 aliphatic heterocycles. The quantitative estimate of drug-likeness (QED) is 0.796. The molecule has 5 nitrogen and oxygen atoms in total. The first-order chi connectivity index (χ1) is 8.04. The minimum atomic E-state index is -2.94. The second-order valence-corrected chi connectivity index (χ2v) is 3.15. The number of hydrogen-bond donors (Lipinski definition) is 1. The van der Waals surface area contributed by atoms with Gasteiger partial charge in [0, 0.05) is 19.7 Å². The Morgan fingerprint density at radius 2 is 2.41 bits per heavy atom. The molecule has 0 aliphatic rings. The van der Waals surface area contributed by atoms with E-state index in [2.05, 4.69) is 15.2 Å². The summed E-state index contributed by atoms with van der Waals surface area (Å²) in [6.45, 7) is -0.761. The van der Waals surface area contributed by atoms with Gasteiger partial charge in [-0.1, -0.05) is 12.2 Å². The van der Waals surface area contributed by atoms with Gasteiger partial charge in [-0.05, 0) is 6.92 Å². The van der Waals surface area contributed by atoms with Crippen LogP contribution in [0.3, 0.4) is 0 Å². The number of aromatic nitrogens is 2. The summed E-state index contributed by atoms with van der Waals surface area (Å²) in [5.41, 5.74) is 0.0349. The molecule has 7 heteroatoms. The molecule has 94 valence electrons. The van der Waals surface area contributed by atoms with Crippen molar-refractivity contribution in [2.75, 3.05) is 6.54 Å². The zero-order valence-electron chi connectivity index (χ0n) is 9.48. The molecular formula is C10H13F2N3O2. The monoisotopic (exact) mass is 245 g/mol. The first kappa shape index (κ1) is 13.1. The molecule has 17 heavy (non-hydrogen) atoms. The first-order valence-electron chi connectivity index (χ1n) is 4.92. The number of alkyl halides is 2. The lowest BCUT2D eigenvalue weighted by atomic mass is 10.4. The molecule has 1 amide bonds. The van der Waals surface area contributed by atoms with Crippen LogP contribution >= 0.6 is 0 Å². The Balaban J connectivity index is 2.68. The highest BCUT2D eigenvalue weighted by molar-refractivity contribution is 5.92. The van der Waals surface area contributed by atoms with Crippen LogP contribution in [0.1, 0.15) is 17.4 Å². The van der Waals surface area contributed by atoms with Crippen LogP contribution in [0.15, 0.2) is 18.2 Å². The number of carbonyl (C=O) groups excluding carboxylic acids is 1. The predicted octanol–water partition coefficient (Wildman–Crippen LogP) is 1.33. The van der Waals surface area contributed by atoms with Crippen molar-refractivity contribution < 1.29 is 18.3 Å². The van der Waals surface area contributed by atoms with Crippen molar-refractivity contribution >= 4 is 5.91 Å². The molecule has 0 saturated heterocycles.